The van der Waals surface area contributed by atoms with E-state index in [9.17, 15) is 18.4 Å². The maximum absolute atomic E-state index is 14.2. The third-order valence-electron chi connectivity index (χ3n) is 8.46. The number of rotatable bonds is 6. The number of carbonyl (C=O) groups is 2. The van der Waals surface area contributed by atoms with Crippen molar-refractivity contribution in [2.24, 2.45) is 5.92 Å². The van der Waals surface area contributed by atoms with Crippen LogP contribution in [-0.2, 0) is 11.3 Å². The van der Waals surface area contributed by atoms with Gasteiger partial charge in [0.15, 0.2) is 5.82 Å². The molecule has 0 aliphatic carbocycles. The van der Waals surface area contributed by atoms with Gasteiger partial charge in [-0.3, -0.25) is 14.3 Å². The summed E-state index contributed by atoms with van der Waals surface area (Å²) in [6.45, 7) is 6.50. The number of carbonyl (C=O) groups excluding carboxylic acids is 2. The summed E-state index contributed by atoms with van der Waals surface area (Å²) in [6, 6.07) is 6.59. The Labute approximate surface area is 253 Å². The summed E-state index contributed by atoms with van der Waals surface area (Å²) in [4.78, 5) is 31.0. The topological polar surface area (TPSA) is 97.4 Å². The molecule has 2 saturated heterocycles. The van der Waals surface area contributed by atoms with E-state index in [4.69, 9.17) is 5.73 Å². The van der Waals surface area contributed by atoms with E-state index in [2.05, 4.69) is 26.2 Å². The molecule has 2 aliphatic heterocycles. The van der Waals surface area contributed by atoms with Crippen LogP contribution < -0.4 is 5.73 Å². The van der Waals surface area contributed by atoms with Gasteiger partial charge >= 0.3 is 0 Å². The predicted octanol–water partition coefficient (Wildman–Crippen LogP) is 5.90. The lowest BCUT2D eigenvalue weighted by atomic mass is 9.97. The van der Waals surface area contributed by atoms with Crippen molar-refractivity contribution in [3.8, 4) is 11.3 Å². The highest BCUT2D eigenvalue weighted by Gasteiger charge is 2.36. The molecular weight excluding hydrogens is 606 g/mol. The number of aromatic nitrogens is 3. The molecule has 2 aliphatic rings. The van der Waals surface area contributed by atoms with Crippen LogP contribution in [0.25, 0.3) is 11.3 Å². The average Bonchev–Trinajstić information content (AvgIpc) is 3.32. The fourth-order valence-electron chi connectivity index (χ4n) is 6.25. The average molecular weight is 644 g/mol. The number of nitrogen functional groups attached to an aromatic ring is 1. The van der Waals surface area contributed by atoms with Crippen molar-refractivity contribution in [2.75, 3.05) is 25.4 Å². The van der Waals surface area contributed by atoms with Gasteiger partial charge in [-0.2, -0.15) is 0 Å². The summed E-state index contributed by atoms with van der Waals surface area (Å²) in [7, 11) is 0. The zero-order chi connectivity index (χ0) is 30.0. The Morgan fingerprint density at radius 2 is 1.76 bits per heavy atom. The van der Waals surface area contributed by atoms with Gasteiger partial charge in [-0.05, 0) is 98.8 Å². The van der Waals surface area contributed by atoms with Gasteiger partial charge in [0.05, 0.1) is 16.4 Å². The molecule has 5 rings (SSSR count). The SMILES string of the molecule is Cc1cc(C)cc(C(=O)N2CCCCC2C(=O)N2CCCC(CCn3cc(-c4cc(F)c(Br)c(F)c4N)nn3)CC2)c1. The molecule has 42 heavy (non-hydrogen) atoms. The van der Waals surface area contributed by atoms with Crippen molar-refractivity contribution in [1.82, 2.24) is 24.8 Å². The van der Waals surface area contributed by atoms with Crippen molar-refractivity contribution in [3.63, 3.8) is 0 Å². The lowest BCUT2D eigenvalue weighted by molar-refractivity contribution is -0.137. The number of piperidine rings is 1. The first-order chi connectivity index (χ1) is 20.1. The smallest absolute Gasteiger partial charge is 0.254 e. The maximum Gasteiger partial charge on any atom is 0.254 e. The van der Waals surface area contributed by atoms with Gasteiger partial charge in [-0.1, -0.05) is 22.4 Å². The van der Waals surface area contributed by atoms with Crippen molar-refractivity contribution < 1.29 is 18.4 Å². The second kappa shape index (κ2) is 12.9. The first kappa shape index (κ1) is 30.1. The van der Waals surface area contributed by atoms with Crippen LogP contribution >= 0.6 is 15.9 Å². The normalized spacial score (nSPS) is 19.5. The standard InChI is InChI=1S/C31H37BrF2N6O2/c1-19-14-20(2)16-22(15-19)30(41)40-11-4-3-7-26(40)31(42)38-10-5-6-21(8-12-38)9-13-39-18-25(36-37-39)23-17-24(33)27(32)28(34)29(23)35/h14-18,21,26H,3-13,35H2,1-2H3. The molecule has 0 spiro atoms. The third-order valence-corrected chi connectivity index (χ3v) is 9.18. The molecular formula is C31H37BrF2N6O2. The predicted molar refractivity (Wildman–Crippen MR) is 161 cm³/mol. The zero-order valence-corrected chi connectivity index (χ0v) is 25.7. The number of nitrogens with zero attached hydrogens (tertiary/aromatic N) is 5. The number of benzene rings is 2. The summed E-state index contributed by atoms with van der Waals surface area (Å²) in [5.74, 6) is -1.23. The molecule has 3 aromatic rings. The van der Waals surface area contributed by atoms with Gasteiger partial charge in [-0.25, -0.2) is 8.78 Å². The molecule has 2 unspecified atom stereocenters. The molecule has 2 aromatic carbocycles. The summed E-state index contributed by atoms with van der Waals surface area (Å²) >= 11 is 2.86. The van der Waals surface area contributed by atoms with Crippen LogP contribution in [0.15, 0.2) is 34.9 Å². The summed E-state index contributed by atoms with van der Waals surface area (Å²) in [5.41, 5.74) is 8.88. The largest absolute Gasteiger partial charge is 0.396 e. The third kappa shape index (κ3) is 6.50. The van der Waals surface area contributed by atoms with E-state index in [-0.39, 0.29) is 27.5 Å². The highest BCUT2D eigenvalue weighted by molar-refractivity contribution is 9.10. The van der Waals surface area contributed by atoms with Gasteiger partial charge in [0.1, 0.15) is 17.6 Å². The Bertz CT molecular complexity index is 1460. The second-order valence-electron chi connectivity index (χ2n) is 11.6. The van der Waals surface area contributed by atoms with Crippen LogP contribution in [0.2, 0.25) is 0 Å². The lowest BCUT2D eigenvalue weighted by Gasteiger charge is -2.37. The van der Waals surface area contributed by atoms with E-state index in [1.165, 1.54) is 0 Å². The van der Waals surface area contributed by atoms with E-state index in [0.29, 0.717) is 49.8 Å². The van der Waals surface area contributed by atoms with Gasteiger partial charge in [0.25, 0.3) is 5.91 Å². The summed E-state index contributed by atoms with van der Waals surface area (Å²) < 4.78 is 29.7. The van der Waals surface area contributed by atoms with Crippen LogP contribution in [0.1, 0.15) is 66.4 Å². The number of nitrogens with two attached hydrogens (primary N) is 1. The number of hydrogen-bond acceptors (Lipinski definition) is 5. The fourth-order valence-corrected chi connectivity index (χ4v) is 6.58. The van der Waals surface area contributed by atoms with Crippen molar-refractivity contribution in [1.29, 1.82) is 0 Å². The Balaban J connectivity index is 1.19. The van der Waals surface area contributed by atoms with Gasteiger partial charge in [0.2, 0.25) is 5.91 Å². The van der Waals surface area contributed by atoms with E-state index in [1.807, 2.05) is 36.9 Å². The maximum atomic E-state index is 14.2. The molecule has 1 aromatic heterocycles. The number of aryl methyl sites for hydroxylation is 3. The Morgan fingerprint density at radius 1 is 1.00 bits per heavy atom. The monoisotopic (exact) mass is 642 g/mol. The molecule has 8 nitrogen and oxygen atoms in total. The minimum Gasteiger partial charge on any atom is -0.396 e. The summed E-state index contributed by atoms with van der Waals surface area (Å²) in [5, 5.41) is 8.22. The first-order valence-electron chi connectivity index (χ1n) is 14.6. The van der Waals surface area contributed by atoms with E-state index in [0.717, 1.165) is 55.7 Å². The molecule has 2 atom stereocenters. The van der Waals surface area contributed by atoms with Crippen molar-refractivity contribution in [3.05, 3.63) is 63.3 Å². The van der Waals surface area contributed by atoms with Gasteiger partial charge in [-0.15, -0.1) is 5.10 Å². The molecule has 3 heterocycles. The summed E-state index contributed by atoms with van der Waals surface area (Å²) in [6.07, 6.45) is 7.77. The Morgan fingerprint density at radius 3 is 2.52 bits per heavy atom. The minimum atomic E-state index is -0.858. The number of likely N-dealkylation sites (tertiary alicyclic amines) is 2. The van der Waals surface area contributed by atoms with Gasteiger partial charge < -0.3 is 15.5 Å². The number of halogens is 3. The van der Waals surface area contributed by atoms with Gasteiger partial charge in [0, 0.05) is 37.3 Å². The highest BCUT2D eigenvalue weighted by Crippen LogP contribution is 2.33. The molecule has 2 fully saturated rings. The number of amides is 2. The lowest BCUT2D eigenvalue weighted by Crippen LogP contribution is -2.53. The van der Waals surface area contributed by atoms with Crippen LogP contribution in [0, 0.1) is 31.4 Å². The highest BCUT2D eigenvalue weighted by atomic mass is 79.9. The second-order valence-corrected chi connectivity index (χ2v) is 12.4. The molecule has 2 amide bonds. The van der Waals surface area contributed by atoms with Crippen LogP contribution in [0.3, 0.4) is 0 Å². The van der Waals surface area contributed by atoms with Crippen LogP contribution in [0.4, 0.5) is 14.5 Å². The van der Waals surface area contributed by atoms with E-state index >= 15 is 0 Å². The zero-order valence-electron chi connectivity index (χ0n) is 24.1. The Kier molecular flexibility index (Phi) is 9.25. The number of anilines is 1. The molecule has 0 bridgehead atoms. The molecule has 0 saturated carbocycles. The van der Waals surface area contributed by atoms with Crippen molar-refractivity contribution in [2.45, 2.75) is 71.4 Å². The van der Waals surface area contributed by atoms with E-state index in [1.54, 1.807) is 15.8 Å². The number of hydrogen-bond donors (Lipinski definition) is 1. The fraction of sp³-hybridized carbons (Fsp3) is 0.484. The van der Waals surface area contributed by atoms with E-state index < -0.39 is 17.7 Å². The van der Waals surface area contributed by atoms with Crippen LogP contribution in [-0.4, -0.2) is 62.3 Å². The molecule has 0 radical (unpaired) electrons. The first-order valence-corrected chi connectivity index (χ1v) is 15.4. The molecule has 224 valence electrons. The molecule has 2 N–H and O–H groups in total. The Hall–Kier alpha value is -3.34. The van der Waals surface area contributed by atoms with Crippen molar-refractivity contribution >= 4 is 33.4 Å². The quantitative estimate of drug-likeness (QED) is 0.267. The van der Waals surface area contributed by atoms with Crippen LogP contribution in [0.5, 0.6) is 0 Å². The minimum absolute atomic E-state index is 0.0561. The molecule has 11 heteroatoms.